The largest absolute Gasteiger partial charge is 0.377 e. The van der Waals surface area contributed by atoms with Gasteiger partial charge in [0.05, 0.1) is 12.3 Å². The highest BCUT2D eigenvalue weighted by molar-refractivity contribution is 5.16. The minimum atomic E-state index is -0.184. The van der Waals surface area contributed by atoms with Gasteiger partial charge in [-0.1, -0.05) is 12.1 Å². The molecule has 0 aliphatic carbocycles. The lowest BCUT2D eigenvalue weighted by Gasteiger charge is -2.24. The third kappa shape index (κ3) is 4.15. The maximum absolute atomic E-state index is 13.4. The summed E-state index contributed by atoms with van der Waals surface area (Å²) in [7, 11) is 1.92. The number of aromatic nitrogens is 2. The summed E-state index contributed by atoms with van der Waals surface area (Å²) in [6, 6.07) is 6.81. The quantitative estimate of drug-likeness (QED) is 0.822. The molecule has 4 nitrogen and oxygen atoms in total. The van der Waals surface area contributed by atoms with Crippen molar-refractivity contribution in [3.8, 4) is 0 Å². The lowest BCUT2D eigenvalue weighted by Crippen LogP contribution is -2.31. The smallest absolute Gasteiger partial charge is 0.123 e. The van der Waals surface area contributed by atoms with Gasteiger partial charge < -0.3 is 4.74 Å². The number of rotatable bonds is 6. The molecule has 1 aliphatic rings. The fourth-order valence-electron chi connectivity index (χ4n) is 2.97. The molecule has 1 aromatic carbocycles. The second-order valence-corrected chi connectivity index (χ2v) is 5.96. The van der Waals surface area contributed by atoms with Crippen LogP contribution in [0.25, 0.3) is 0 Å². The van der Waals surface area contributed by atoms with E-state index < -0.39 is 0 Å². The summed E-state index contributed by atoms with van der Waals surface area (Å²) in [5, 5.41) is 4.22. The first-order valence-corrected chi connectivity index (χ1v) is 7.75. The van der Waals surface area contributed by atoms with Gasteiger partial charge in [0, 0.05) is 45.0 Å². The number of hydrogen-bond donors (Lipinski definition) is 0. The molecule has 0 amide bonds. The van der Waals surface area contributed by atoms with Crippen LogP contribution in [0.2, 0.25) is 0 Å². The Hall–Kier alpha value is -1.72. The van der Waals surface area contributed by atoms with Crippen molar-refractivity contribution in [3.05, 3.63) is 53.6 Å². The van der Waals surface area contributed by atoms with Crippen molar-refractivity contribution in [3.63, 3.8) is 0 Å². The van der Waals surface area contributed by atoms with Gasteiger partial charge in [-0.3, -0.25) is 9.58 Å². The predicted octanol–water partition coefficient (Wildman–Crippen LogP) is 2.74. The molecule has 5 heteroatoms. The fraction of sp³-hybridized carbons (Fsp3) is 0.471. The number of aryl methyl sites for hydroxylation is 1. The Labute approximate surface area is 130 Å². The van der Waals surface area contributed by atoms with E-state index in [1.807, 2.05) is 30.2 Å². The highest BCUT2D eigenvalue weighted by Gasteiger charge is 2.20. The van der Waals surface area contributed by atoms with Crippen LogP contribution in [0.1, 0.15) is 24.0 Å². The molecule has 0 bridgehead atoms. The van der Waals surface area contributed by atoms with Gasteiger partial charge >= 0.3 is 0 Å². The Balaban J connectivity index is 1.69. The maximum atomic E-state index is 13.4. The van der Waals surface area contributed by atoms with Crippen LogP contribution in [-0.4, -0.2) is 33.9 Å². The molecule has 1 aromatic heterocycles. The van der Waals surface area contributed by atoms with Crippen LogP contribution in [0.4, 0.5) is 4.39 Å². The van der Waals surface area contributed by atoms with Gasteiger partial charge in [-0.25, -0.2) is 4.39 Å². The summed E-state index contributed by atoms with van der Waals surface area (Å²) >= 11 is 0. The van der Waals surface area contributed by atoms with Crippen molar-refractivity contribution in [2.75, 3.05) is 13.2 Å². The summed E-state index contributed by atoms with van der Waals surface area (Å²) in [6.45, 7) is 3.23. The van der Waals surface area contributed by atoms with Gasteiger partial charge in [0.1, 0.15) is 5.82 Å². The van der Waals surface area contributed by atoms with Gasteiger partial charge in [0.25, 0.3) is 0 Å². The average Bonchev–Trinajstić information content (AvgIpc) is 3.11. The third-order valence-electron chi connectivity index (χ3n) is 3.95. The monoisotopic (exact) mass is 303 g/mol. The van der Waals surface area contributed by atoms with Crippen molar-refractivity contribution < 1.29 is 9.13 Å². The van der Waals surface area contributed by atoms with Crippen molar-refractivity contribution >= 4 is 0 Å². The SMILES string of the molecule is Cn1cc(CN(Cc2cccc(F)c2)C[C@H]2CCCO2)cn1. The molecule has 1 fully saturated rings. The lowest BCUT2D eigenvalue weighted by atomic mass is 10.1. The lowest BCUT2D eigenvalue weighted by molar-refractivity contribution is 0.0679. The summed E-state index contributed by atoms with van der Waals surface area (Å²) in [5.41, 5.74) is 2.15. The Morgan fingerprint density at radius 3 is 2.91 bits per heavy atom. The van der Waals surface area contributed by atoms with E-state index in [0.717, 1.165) is 43.7 Å². The van der Waals surface area contributed by atoms with Crippen LogP contribution in [0, 0.1) is 5.82 Å². The molecule has 0 unspecified atom stereocenters. The molecule has 1 atom stereocenters. The summed E-state index contributed by atoms with van der Waals surface area (Å²) < 4.78 is 21.0. The van der Waals surface area contributed by atoms with Gasteiger partial charge in [0.15, 0.2) is 0 Å². The Kier molecular flexibility index (Phi) is 4.85. The number of benzene rings is 1. The van der Waals surface area contributed by atoms with Crippen LogP contribution in [0.15, 0.2) is 36.7 Å². The average molecular weight is 303 g/mol. The maximum Gasteiger partial charge on any atom is 0.123 e. The molecule has 2 aromatic rings. The Morgan fingerprint density at radius 2 is 2.23 bits per heavy atom. The minimum Gasteiger partial charge on any atom is -0.377 e. The molecule has 0 radical (unpaired) electrons. The highest BCUT2D eigenvalue weighted by Crippen LogP contribution is 2.17. The van der Waals surface area contributed by atoms with Crippen molar-refractivity contribution in [2.45, 2.75) is 32.0 Å². The van der Waals surface area contributed by atoms with Crippen molar-refractivity contribution in [1.29, 1.82) is 0 Å². The van der Waals surface area contributed by atoms with E-state index in [2.05, 4.69) is 10.00 Å². The zero-order chi connectivity index (χ0) is 15.4. The van der Waals surface area contributed by atoms with E-state index >= 15 is 0 Å². The van der Waals surface area contributed by atoms with Gasteiger partial charge in [-0.2, -0.15) is 5.10 Å². The first-order valence-electron chi connectivity index (χ1n) is 7.75. The van der Waals surface area contributed by atoms with Crippen LogP contribution < -0.4 is 0 Å². The molecule has 1 aliphatic heterocycles. The van der Waals surface area contributed by atoms with Gasteiger partial charge in [0.2, 0.25) is 0 Å². The van der Waals surface area contributed by atoms with Gasteiger partial charge in [-0.15, -0.1) is 0 Å². The van der Waals surface area contributed by atoms with E-state index in [0.29, 0.717) is 6.54 Å². The Bertz CT molecular complexity index is 607. The molecular weight excluding hydrogens is 281 g/mol. The number of ether oxygens (including phenoxy) is 1. The van der Waals surface area contributed by atoms with E-state index in [1.165, 1.54) is 6.07 Å². The van der Waals surface area contributed by atoms with Crippen molar-refractivity contribution in [1.82, 2.24) is 14.7 Å². The Morgan fingerprint density at radius 1 is 1.36 bits per heavy atom. The van der Waals surface area contributed by atoms with E-state index in [-0.39, 0.29) is 11.9 Å². The van der Waals surface area contributed by atoms with E-state index in [4.69, 9.17) is 4.74 Å². The predicted molar refractivity (Wildman–Crippen MR) is 82.7 cm³/mol. The summed E-state index contributed by atoms with van der Waals surface area (Å²) in [5.74, 6) is -0.184. The summed E-state index contributed by atoms with van der Waals surface area (Å²) in [6.07, 6.45) is 6.42. The van der Waals surface area contributed by atoms with Crippen LogP contribution >= 0.6 is 0 Å². The van der Waals surface area contributed by atoms with Crippen LogP contribution in [0.3, 0.4) is 0 Å². The molecule has 2 heterocycles. The molecule has 22 heavy (non-hydrogen) atoms. The number of hydrogen-bond acceptors (Lipinski definition) is 3. The zero-order valence-corrected chi connectivity index (χ0v) is 12.9. The standard InChI is InChI=1S/C17H22FN3O/c1-20-10-15(9-19-20)12-21(13-17-6-3-7-22-17)11-14-4-2-5-16(18)8-14/h2,4-5,8-10,17H,3,6-7,11-13H2,1H3/t17-/m1/s1. The highest BCUT2D eigenvalue weighted by atomic mass is 19.1. The second-order valence-electron chi connectivity index (χ2n) is 5.96. The van der Waals surface area contributed by atoms with Gasteiger partial charge in [-0.05, 0) is 30.5 Å². The van der Waals surface area contributed by atoms with Crippen LogP contribution in [-0.2, 0) is 24.9 Å². The molecule has 3 rings (SSSR count). The molecule has 118 valence electrons. The normalized spacial score (nSPS) is 18.2. The van der Waals surface area contributed by atoms with Crippen LogP contribution in [0.5, 0.6) is 0 Å². The first kappa shape index (κ1) is 15.2. The van der Waals surface area contributed by atoms with E-state index in [1.54, 1.807) is 12.1 Å². The molecule has 0 saturated carbocycles. The van der Waals surface area contributed by atoms with E-state index in [9.17, 15) is 4.39 Å². The summed E-state index contributed by atoms with van der Waals surface area (Å²) in [4.78, 5) is 2.31. The molecule has 1 saturated heterocycles. The fourth-order valence-corrected chi connectivity index (χ4v) is 2.97. The third-order valence-corrected chi connectivity index (χ3v) is 3.95. The topological polar surface area (TPSA) is 30.3 Å². The molecule has 0 spiro atoms. The number of nitrogens with zero attached hydrogens (tertiary/aromatic N) is 3. The van der Waals surface area contributed by atoms with Crippen molar-refractivity contribution in [2.24, 2.45) is 7.05 Å². The molecular formula is C17H22FN3O. The molecule has 0 N–H and O–H groups in total. The number of halogens is 1. The minimum absolute atomic E-state index is 0.184. The first-order chi connectivity index (χ1) is 10.7. The zero-order valence-electron chi connectivity index (χ0n) is 12.9. The second kappa shape index (κ2) is 7.03.